The second-order valence-corrected chi connectivity index (χ2v) is 14.4. The Labute approximate surface area is 304 Å². The van der Waals surface area contributed by atoms with Crippen molar-refractivity contribution in [3.8, 4) is 51.2 Å². The van der Waals surface area contributed by atoms with Gasteiger partial charge >= 0.3 is 0 Å². The first-order valence-electron chi connectivity index (χ1n) is 18.0. The molecule has 2 amide bonds. The fourth-order valence-corrected chi connectivity index (χ4v) is 8.37. The Morgan fingerprint density at radius 1 is 0.923 bits per heavy atom. The molecule has 0 bridgehead atoms. The van der Waals surface area contributed by atoms with Gasteiger partial charge in [0.1, 0.15) is 18.1 Å². The minimum atomic E-state index is -0.107. The van der Waals surface area contributed by atoms with Crippen molar-refractivity contribution in [2.75, 3.05) is 60.1 Å². The molecule has 6 heterocycles. The van der Waals surface area contributed by atoms with Crippen LogP contribution in [0.15, 0.2) is 48.7 Å². The zero-order valence-electron chi connectivity index (χ0n) is 30.5. The van der Waals surface area contributed by atoms with E-state index in [9.17, 15) is 9.59 Å². The molecule has 1 atom stereocenters. The van der Waals surface area contributed by atoms with Crippen LogP contribution in [0.5, 0.6) is 17.5 Å². The van der Waals surface area contributed by atoms with Gasteiger partial charge in [-0.1, -0.05) is 36.4 Å². The van der Waals surface area contributed by atoms with Crippen LogP contribution in [0, 0.1) is 13.8 Å². The monoisotopic (exact) mass is 703 g/mol. The van der Waals surface area contributed by atoms with Gasteiger partial charge in [0, 0.05) is 76.4 Å². The summed E-state index contributed by atoms with van der Waals surface area (Å²) in [4.78, 5) is 45.0. The van der Waals surface area contributed by atoms with Crippen molar-refractivity contribution < 1.29 is 23.8 Å². The number of methoxy groups -OCH3 is 2. The quantitative estimate of drug-likeness (QED) is 0.280. The molecule has 1 N–H and O–H groups in total. The highest BCUT2D eigenvalue weighted by atomic mass is 16.5. The molecule has 2 aromatic heterocycles. The third-order valence-corrected chi connectivity index (χ3v) is 11.3. The van der Waals surface area contributed by atoms with E-state index in [0.717, 1.165) is 94.4 Å². The second kappa shape index (κ2) is 13.5. The predicted octanol–water partition coefficient (Wildman–Crippen LogP) is 4.57. The van der Waals surface area contributed by atoms with Crippen LogP contribution in [0.25, 0.3) is 33.6 Å². The van der Waals surface area contributed by atoms with Crippen LogP contribution in [0.4, 0.5) is 0 Å². The average molecular weight is 704 g/mol. The van der Waals surface area contributed by atoms with E-state index in [1.54, 1.807) is 21.1 Å². The molecule has 4 aliphatic rings. The lowest BCUT2D eigenvalue weighted by molar-refractivity contribution is -0.130. The number of carbonyl (C=O) groups is 2. The Morgan fingerprint density at radius 3 is 2.17 bits per heavy atom. The molecule has 0 saturated carbocycles. The highest BCUT2D eigenvalue weighted by Gasteiger charge is 2.51. The first kappa shape index (κ1) is 34.0. The van der Waals surface area contributed by atoms with E-state index in [1.165, 1.54) is 0 Å². The van der Waals surface area contributed by atoms with Crippen molar-refractivity contribution in [3.05, 3.63) is 71.0 Å². The van der Waals surface area contributed by atoms with Crippen molar-refractivity contribution in [3.63, 3.8) is 0 Å². The number of nitrogens with one attached hydrogen (secondary N) is 1. The van der Waals surface area contributed by atoms with Crippen LogP contribution in [-0.2, 0) is 16.1 Å². The van der Waals surface area contributed by atoms with Crippen molar-refractivity contribution >= 4 is 11.8 Å². The van der Waals surface area contributed by atoms with E-state index in [-0.39, 0.29) is 23.4 Å². The van der Waals surface area contributed by atoms with Crippen molar-refractivity contribution in [1.82, 2.24) is 35.0 Å². The fraction of sp³-hybridized carbons (Fsp3) is 0.425. The summed E-state index contributed by atoms with van der Waals surface area (Å²) in [5.41, 5.74) is 9.55. The molecule has 12 nitrogen and oxygen atoms in total. The number of fused-ring (bicyclic) bond motifs is 1. The van der Waals surface area contributed by atoms with E-state index in [0.29, 0.717) is 44.4 Å². The molecule has 270 valence electrons. The summed E-state index contributed by atoms with van der Waals surface area (Å²) in [5, 5.41) is 3.18. The molecule has 3 saturated heterocycles. The Bertz CT molecular complexity index is 2050. The van der Waals surface area contributed by atoms with Gasteiger partial charge in [-0.25, -0.2) is 9.97 Å². The SMILES string of the molecule is COc1nc(-c2cccc(-c3cccc(-c4cc5c(c(OC)n4)C(N4CC6(CCC(=O)N6)C4)CO5)c3C)c2C)cnc1CN1CCN(C(C)=O)CC1. The number of amides is 2. The highest BCUT2D eigenvalue weighted by Crippen LogP contribution is 2.47. The predicted molar refractivity (Wildman–Crippen MR) is 196 cm³/mol. The number of piperazine rings is 1. The maximum atomic E-state index is 11.9. The summed E-state index contributed by atoms with van der Waals surface area (Å²) >= 11 is 0. The van der Waals surface area contributed by atoms with Gasteiger partial charge in [-0.05, 0) is 42.5 Å². The second-order valence-electron chi connectivity index (χ2n) is 14.4. The summed E-state index contributed by atoms with van der Waals surface area (Å²) in [6.07, 6.45) is 3.31. The van der Waals surface area contributed by atoms with Gasteiger partial charge in [-0.3, -0.25) is 24.4 Å². The summed E-state index contributed by atoms with van der Waals surface area (Å²) in [5.74, 6) is 2.13. The van der Waals surface area contributed by atoms with Gasteiger partial charge in [0.05, 0.1) is 48.9 Å². The first-order chi connectivity index (χ1) is 25.2. The standard InChI is InChI=1S/C40H45N7O5/c1-24-27(28-9-7-11-30(25(28)2)32-19-41-33(38(43-32)50-4)20-45-14-16-46(17-15-45)26(3)48)8-6-10-29(24)31-18-35-37(39(42-31)51-5)34(21-52-35)47-22-40(23-47)13-12-36(49)44-40/h6-11,18-19,34H,12-17,20-23H2,1-5H3,(H,44,49). The minimum absolute atomic E-state index is 0.0340. The number of ether oxygens (including phenoxy) is 3. The van der Waals surface area contributed by atoms with Crippen LogP contribution in [0.2, 0.25) is 0 Å². The molecular weight excluding hydrogens is 658 g/mol. The van der Waals surface area contributed by atoms with E-state index < -0.39 is 0 Å². The lowest BCUT2D eigenvalue weighted by atomic mass is 9.86. The van der Waals surface area contributed by atoms with Crippen LogP contribution in [0.1, 0.15) is 48.2 Å². The molecule has 8 rings (SSSR count). The molecule has 4 aliphatic heterocycles. The third kappa shape index (κ3) is 6.03. The van der Waals surface area contributed by atoms with E-state index in [2.05, 4.69) is 65.4 Å². The topological polar surface area (TPSA) is 122 Å². The van der Waals surface area contributed by atoms with Crippen LogP contribution < -0.4 is 19.5 Å². The van der Waals surface area contributed by atoms with Gasteiger partial charge in [0.15, 0.2) is 0 Å². The van der Waals surface area contributed by atoms with E-state index in [1.807, 2.05) is 17.2 Å². The van der Waals surface area contributed by atoms with Gasteiger partial charge in [-0.2, -0.15) is 0 Å². The molecule has 0 aliphatic carbocycles. The Morgan fingerprint density at radius 2 is 1.56 bits per heavy atom. The molecule has 4 aromatic rings. The van der Waals surface area contributed by atoms with E-state index in [4.69, 9.17) is 29.2 Å². The third-order valence-electron chi connectivity index (χ3n) is 11.3. The number of likely N-dealkylation sites (tertiary alicyclic amines) is 1. The number of aromatic nitrogens is 3. The number of carbonyl (C=O) groups excluding carboxylic acids is 2. The van der Waals surface area contributed by atoms with Crippen LogP contribution in [-0.4, -0.2) is 107 Å². The molecule has 0 radical (unpaired) electrons. The van der Waals surface area contributed by atoms with Gasteiger partial charge < -0.3 is 24.4 Å². The lowest BCUT2D eigenvalue weighted by Crippen LogP contribution is -2.67. The fourth-order valence-electron chi connectivity index (χ4n) is 8.37. The number of benzene rings is 2. The van der Waals surface area contributed by atoms with E-state index >= 15 is 0 Å². The molecule has 12 heteroatoms. The maximum Gasteiger partial charge on any atom is 0.237 e. The zero-order valence-corrected chi connectivity index (χ0v) is 30.5. The lowest BCUT2D eigenvalue weighted by Gasteiger charge is -2.50. The molecule has 1 spiro atoms. The largest absolute Gasteiger partial charge is 0.491 e. The first-order valence-corrected chi connectivity index (χ1v) is 18.0. The minimum Gasteiger partial charge on any atom is -0.491 e. The molecular formula is C40H45N7O5. The highest BCUT2D eigenvalue weighted by molar-refractivity contribution is 5.83. The van der Waals surface area contributed by atoms with Crippen LogP contribution in [0.3, 0.4) is 0 Å². The normalized spacial score (nSPS) is 19.6. The summed E-state index contributed by atoms with van der Waals surface area (Å²) in [6, 6.07) is 14.6. The van der Waals surface area contributed by atoms with Crippen molar-refractivity contribution in [2.45, 2.75) is 51.7 Å². The zero-order chi connectivity index (χ0) is 36.1. The molecule has 1 unspecified atom stereocenters. The number of hydrogen-bond donors (Lipinski definition) is 1. The molecule has 3 fully saturated rings. The van der Waals surface area contributed by atoms with Gasteiger partial charge in [0.2, 0.25) is 23.6 Å². The van der Waals surface area contributed by atoms with Gasteiger partial charge in [0.25, 0.3) is 0 Å². The Kier molecular flexibility index (Phi) is 8.83. The summed E-state index contributed by atoms with van der Waals surface area (Å²) < 4.78 is 17.9. The van der Waals surface area contributed by atoms with Crippen molar-refractivity contribution in [1.29, 1.82) is 0 Å². The molecule has 2 aromatic carbocycles. The average Bonchev–Trinajstić information content (AvgIpc) is 3.75. The summed E-state index contributed by atoms with van der Waals surface area (Å²) in [6.45, 7) is 11.6. The number of pyridine rings is 1. The smallest absolute Gasteiger partial charge is 0.237 e. The molecule has 52 heavy (non-hydrogen) atoms. The summed E-state index contributed by atoms with van der Waals surface area (Å²) in [7, 11) is 3.30. The van der Waals surface area contributed by atoms with Gasteiger partial charge in [-0.15, -0.1) is 0 Å². The Hall–Kier alpha value is -5.07. The number of hydrogen-bond acceptors (Lipinski definition) is 10. The number of nitrogens with zero attached hydrogens (tertiary/aromatic N) is 6. The van der Waals surface area contributed by atoms with Crippen LogP contribution >= 0.6 is 0 Å². The number of rotatable bonds is 8. The maximum absolute atomic E-state index is 11.9. The Balaban J connectivity index is 1.05. The van der Waals surface area contributed by atoms with Crippen molar-refractivity contribution in [2.24, 2.45) is 0 Å².